The standard InChI is InChI=1S/C57H101N7O13/c1-13-15-17-18-19-20-21-22-23-24-25-40-33-47(65)58-41(26-27-49(68)76-28-16-14-2)51(69)59-42(29-35(3)4)52(70)61-44(31-37(7)8)55(73)64-50(39(11)12)56(74)62-45(34-48(66)67)54(72)60-43(30-36(5)6)53(71)63-46(32-38(9)10)57(75)77-40/h35-46,50H,13-34H2,1-12H3,(H,58,65)(H,59,69)(H,60,72)(H,61,70)(H,62,74)(H,63,71)(H,64,73)(H,66,67)/t40?,41-,42?,43+,44+,45?,46?,50-/m0/s1. The van der Waals surface area contributed by atoms with E-state index in [-0.39, 0.29) is 75.2 Å². The molecule has 0 spiro atoms. The van der Waals surface area contributed by atoms with Crippen LogP contribution >= 0.6 is 0 Å². The van der Waals surface area contributed by atoms with Crippen molar-refractivity contribution in [2.45, 2.75) is 266 Å². The zero-order valence-electron chi connectivity index (χ0n) is 48.9. The summed E-state index contributed by atoms with van der Waals surface area (Å²) in [5, 5.41) is 28.7. The molecule has 1 aliphatic rings. The summed E-state index contributed by atoms with van der Waals surface area (Å²) in [6.07, 6.45) is 9.60. The molecular formula is C57H101N7O13. The minimum absolute atomic E-state index is 0.0488. The zero-order valence-corrected chi connectivity index (χ0v) is 48.9. The highest BCUT2D eigenvalue weighted by atomic mass is 16.5. The summed E-state index contributed by atoms with van der Waals surface area (Å²) >= 11 is 0. The van der Waals surface area contributed by atoms with Crippen LogP contribution in [0.4, 0.5) is 0 Å². The number of ether oxygens (including phenoxy) is 2. The molecule has 1 fully saturated rings. The van der Waals surface area contributed by atoms with Gasteiger partial charge in [-0.15, -0.1) is 0 Å². The third-order valence-electron chi connectivity index (χ3n) is 13.2. The Morgan fingerprint density at radius 2 is 0.896 bits per heavy atom. The van der Waals surface area contributed by atoms with E-state index in [0.29, 0.717) is 12.8 Å². The minimum atomic E-state index is -1.72. The van der Waals surface area contributed by atoms with E-state index in [0.717, 1.165) is 38.5 Å². The number of carbonyl (C=O) groups excluding carboxylic acids is 9. The third-order valence-corrected chi connectivity index (χ3v) is 13.2. The quantitative estimate of drug-likeness (QED) is 0.0309. The molecule has 0 bridgehead atoms. The predicted molar refractivity (Wildman–Crippen MR) is 294 cm³/mol. The maximum atomic E-state index is 14.4. The second-order valence-electron chi connectivity index (χ2n) is 23.1. The number of hydrogen-bond donors (Lipinski definition) is 8. The normalized spacial score (nSPS) is 23.3. The highest BCUT2D eigenvalue weighted by Gasteiger charge is 2.37. The third kappa shape index (κ3) is 30.4. The SMILES string of the molecule is CCCCCCCCCCCCC1CC(=O)N[C@@H](CCC(=O)OCCCC)C(=O)NC(CC(C)C)C(=O)N[C@H](CC(C)C)C(=O)N[C@@H](C(C)C)C(=O)NC(CC(=O)O)C(=O)N[C@H](CC(C)C)C(=O)NC(CC(C)C)C(=O)O1. The van der Waals surface area contributed by atoms with Crippen molar-refractivity contribution in [3.8, 4) is 0 Å². The molecule has 1 saturated heterocycles. The van der Waals surface area contributed by atoms with Crippen molar-refractivity contribution >= 4 is 59.3 Å². The second kappa shape index (κ2) is 38.3. The lowest BCUT2D eigenvalue weighted by Gasteiger charge is -2.29. The molecule has 0 aromatic carbocycles. The molecule has 0 aromatic heterocycles. The van der Waals surface area contributed by atoms with E-state index in [2.05, 4.69) is 44.1 Å². The van der Waals surface area contributed by atoms with Gasteiger partial charge in [-0.3, -0.25) is 43.2 Å². The minimum Gasteiger partial charge on any atom is -0.481 e. The van der Waals surface area contributed by atoms with Gasteiger partial charge in [0.05, 0.1) is 19.4 Å². The Morgan fingerprint density at radius 3 is 1.35 bits per heavy atom. The van der Waals surface area contributed by atoms with Gasteiger partial charge in [0.1, 0.15) is 48.4 Å². The number of hydrogen-bond acceptors (Lipinski definition) is 12. The highest BCUT2D eigenvalue weighted by Crippen LogP contribution is 2.19. The van der Waals surface area contributed by atoms with Gasteiger partial charge in [0.25, 0.3) is 0 Å². The van der Waals surface area contributed by atoms with Gasteiger partial charge in [-0.2, -0.15) is 0 Å². The summed E-state index contributed by atoms with van der Waals surface area (Å²) in [6.45, 7) is 22.1. The van der Waals surface area contributed by atoms with Crippen LogP contribution in [0, 0.1) is 29.6 Å². The largest absolute Gasteiger partial charge is 0.481 e. The lowest BCUT2D eigenvalue weighted by molar-refractivity contribution is -0.155. The van der Waals surface area contributed by atoms with Crippen LogP contribution < -0.4 is 37.2 Å². The molecule has 8 N–H and O–H groups in total. The molecule has 0 aromatic rings. The van der Waals surface area contributed by atoms with Gasteiger partial charge in [-0.05, 0) is 81.0 Å². The van der Waals surface area contributed by atoms with Crippen LogP contribution in [0.2, 0.25) is 0 Å². The van der Waals surface area contributed by atoms with Crippen LogP contribution in [-0.2, 0) is 57.4 Å². The fourth-order valence-corrected chi connectivity index (χ4v) is 9.02. The van der Waals surface area contributed by atoms with Crippen molar-refractivity contribution in [3.05, 3.63) is 0 Å². The number of carboxylic acids is 1. The lowest BCUT2D eigenvalue weighted by atomic mass is 9.98. The Bertz CT molecular complexity index is 1860. The second-order valence-corrected chi connectivity index (χ2v) is 23.1. The average molecular weight is 1090 g/mol. The monoisotopic (exact) mass is 1090 g/mol. The van der Waals surface area contributed by atoms with Gasteiger partial charge in [0.15, 0.2) is 0 Å². The molecule has 8 atom stereocenters. The fourth-order valence-electron chi connectivity index (χ4n) is 9.02. The number of carbonyl (C=O) groups is 10. The molecule has 0 aliphatic carbocycles. The van der Waals surface area contributed by atoms with Crippen molar-refractivity contribution < 1.29 is 62.5 Å². The van der Waals surface area contributed by atoms with E-state index < -0.39 is 126 Å². The van der Waals surface area contributed by atoms with Crippen LogP contribution in [0.1, 0.15) is 218 Å². The Labute approximate surface area is 460 Å². The maximum Gasteiger partial charge on any atom is 0.328 e. The number of nitrogens with one attached hydrogen (secondary N) is 7. The summed E-state index contributed by atoms with van der Waals surface area (Å²) < 4.78 is 11.5. The number of aliphatic carboxylic acids is 1. The first-order valence-corrected chi connectivity index (χ1v) is 29.0. The summed E-state index contributed by atoms with van der Waals surface area (Å²) in [7, 11) is 0. The van der Waals surface area contributed by atoms with Gasteiger partial charge in [-0.25, -0.2) is 4.79 Å². The van der Waals surface area contributed by atoms with Crippen LogP contribution in [0.25, 0.3) is 0 Å². The van der Waals surface area contributed by atoms with Crippen molar-refractivity contribution in [1.82, 2.24) is 37.2 Å². The molecule has 442 valence electrons. The molecule has 20 heteroatoms. The van der Waals surface area contributed by atoms with Crippen molar-refractivity contribution in [3.63, 3.8) is 0 Å². The van der Waals surface area contributed by atoms with Crippen molar-refractivity contribution in [1.29, 1.82) is 0 Å². The molecular weight excluding hydrogens is 991 g/mol. The van der Waals surface area contributed by atoms with Gasteiger partial charge >= 0.3 is 17.9 Å². The average Bonchev–Trinajstić information content (AvgIpc) is 3.32. The van der Waals surface area contributed by atoms with E-state index in [9.17, 15) is 53.1 Å². The van der Waals surface area contributed by atoms with Gasteiger partial charge in [0, 0.05) is 6.42 Å². The molecule has 1 rings (SSSR count). The summed E-state index contributed by atoms with van der Waals surface area (Å²) in [4.78, 5) is 139. The predicted octanol–water partition coefficient (Wildman–Crippen LogP) is 6.45. The number of unbranched alkanes of at least 4 members (excludes halogenated alkanes) is 10. The fraction of sp³-hybridized carbons (Fsp3) is 0.825. The maximum absolute atomic E-state index is 14.4. The summed E-state index contributed by atoms with van der Waals surface area (Å²) in [5.74, 6) is -9.83. The zero-order chi connectivity index (χ0) is 58.2. The van der Waals surface area contributed by atoms with Gasteiger partial charge < -0.3 is 51.8 Å². The molecule has 20 nitrogen and oxygen atoms in total. The first-order chi connectivity index (χ1) is 36.3. The lowest BCUT2D eigenvalue weighted by Crippen LogP contribution is -2.61. The first-order valence-electron chi connectivity index (χ1n) is 29.0. The van der Waals surface area contributed by atoms with Crippen molar-refractivity contribution in [2.75, 3.05) is 6.61 Å². The highest BCUT2D eigenvalue weighted by molar-refractivity contribution is 5.98. The van der Waals surface area contributed by atoms with Crippen LogP contribution in [0.5, 0.6) is 0 Å². The molecule has 4 unspecified atom stereocenters. The van der Waals surface area contributed by atoms with Crippen LogP contribution in [0.3, 0.4) is 0 Å². The van der Waals surface area contributed by atoms with Crippen LogP contribution in [-0.4, -0.2) is 119 Å². The Balaban J connectivity index is 4.01. The Hall–Kier alpha value is -5.30. The topological polar surface area (TPSA) is 294 Å². The number of rotatable bonds is 28. The molecule has 77 heavy (non-hydrogen) atoms. The van der Waals surface area contributed by atoms with Crippen molar-refractivity contribution in [2.24, 2.45) is 29.6 Å². The molecule has 0 saturated carbocycles. The number of cyclic esters (lactones) is 1. The number of esters is 2. The van der Waals surface area contributed by atoms with E-state index in [4.69, 9.17) is 9.47 Å². The summed E-state index contributed by atoms with van der Waals surface area (Å²) in [5.41, 5.74) is 0. The Kier molecular flexibility index (Phi) is 34.7. The smallest absolute Gasteiger partial charge is 0.328 e. The Morgan fingerprint density at radius 1 is 0.494 bits per heavy atom. The first kappa shape index (κ1) is 69.7. The summed E-state index contributed by atoms with van der Waals surface area (Å²) in [6, 6.07) is -9.48. The van der Waals surface area contributed by atoms with Gasteiger partial charge in [0.2, 0.25) is 41.4 Å². The number of carboxylic acid groups (broad SMARTS) is 1. The van der Waals surface area contributed by atoms with Gasteiger partial charge in [-0.1, -0.05) is 147 Å². The van der Waals surface area contributed by atoms with Crippen LogP contribution in [0.15, 0.2) is 0 Å². The molecule has 0 radical (unpaired) electrons. The van der Waals surface area contributed by atoms with E-state index in [1.807, 2.05) is 48.5 Å². The molecule has 1 heterocycles. The van der Waals surface area contributed by atoms with E-state index in [1.54, 1.807) is 27.7 Å². The number of amides is 7. The molecule has 7 amide bonds. The van der Waals surface area contributed by atoms with E-state index >= 15 is 0 Å². The molecule has 1 aliphatic heterocycles. The van der Waals surface area contributed by atoms with E-state index in [1.165, 1.54) is 25.7 Å².